The molecular weight excluding hydrogens is 256 g/mol. The van der Waals surface area contributed by atoms with Crippen molar-refractivity contribution in [2.45, 2.75) is 39.1 Å². The van der Waals surface area contributed by atoms with Gasteiger partial charge in [-0.1, -0.05) is 11.6 Å². The summed E-state index contributed by atoms with van der Waals surface area (Å²) in [6.07, 6.45) is 3.98. The van der Waals surface area contributed by atoms with E-state index in [9.17, 15) is 15.3 Å². The van der Waals surface area contributed by atoms with Gasteiger partial charge in [0.1, 0.15) is 17.6 Å². The Morgan fingerprint density at radius 1 is 1.30 bits per heavy atom. The first-order valence-corrected chi connectivity index (χ1v) is 6.66. The molecule has 4 nitrogen and oxygen atoms in total. The maximum atomic E-state index is 9.89. The lowest BCUT2D eigenvalue weighted by Crippen LogP contribution is -2.09. The molecule has 1 unspecified atom stereocenters. The minimum atomic E-state index is -0.952. The zero-order valence-electron chi connectivity index (χ0n) is 11.7. The molecule has 0 amide bonds. The van der Waals surface area contributed by atoms with Gasteiger partial charge >= 0.3 is 0 Å². The minimum absolute atomic E-state index is 0.0433. The first kappa shape index (κ1) is 14.6. The van der Waals surface area contributed by atoms with Gasteiger partial charge in [0.15, 0.2) is 6.29 Å². The predicted octanol–water partition coefficient (Wildman–Crippen LogP) is 3.16. The van der Waals surface area contributed by atoms with Crippen molar-refractivity contribution in [3.05, 3.63) is 47.1 Å². The standard InChI is InChI=1S/C16H20O4/c1-10(2)4-3-5-11-8-15(20-16(11)19)13-9-12(17)6-7-14(13)18/h4,6-9,15-19H,3,5H2,1-2H3/t15-,16?/m1/s1. The Hall–Kier alpha value is -1.78. The van der Waals surface area contributed by atoms with Crippen molar-refractivity contribution in [2.75, 3.05) is 0 Å². The third-order valence-electron chi connectivity index (χ3n) is 3.26. The molecule has 1 aliphatic rings. The van der Waals surface area contributed by atoms with Crippen LogP contribution in [0, 0.1) is 0 Å². The average Bonchev–Trinajstić information content (AvgIpc) is 2.73. The van der Waals surface area contributed by atoms with E-state index in [0.29, 0.717) is 12.0 Å². The fraction of sp³-hybridized carbons (Fsp3) is 0.375. The quantitative estimate of drug-likeness (QED) is 0.583. The molecule has 0 saturated heterocycles. The largest absolute Gasteiger partial charge is 0.508 e. The summed E-state index contributed by atoms with van der Waals surface area (Å²) in [4.78, 5) is 0. The summed E-state index contributed by atoms with van der Waals surface area (Å²) < 4.78 is 5.42. The van der Waals surface area contributed by atoms with Crippen LogP contribution in [0.5, 0.6) is 11.5 Å². The topological polar surface area (TPSA) is 69.9 Å². The van der Waals surface area contributed by atoms with Crippen molar-refractivity contribution >= 4 is 0 Å². The third-order valence-corrected chi connectivity index (χ3v) is 3.26. The monoisotopic (exact) mass is 276 g/mol. The normalized spacial score (nSPS) is 21.6. The Bertz CT molecular complexity index is 541. The number of aliphatic hydroxyl groups excluding tert-OH is 1. The molecule has 0 aromatic heterocycles. The number of ether oxygens (including phenoxy) is 1. The lowest BCUT2D eigenvalue weighted by atomic mass is 10.0. The van der Waals surface area contributed by atoms with Crippen LogP contribution in [0.1, 0.15) is 38.4 Å². The van der Waals surface area contributed by atoms with Crippen molar-refractivity contribution < 1.29 is 20.1 Å². The minimum Gasteiger partial charge on any atom is -0.508 e. The second kappa shape index (κ2) is 6.11. The smallest absolute Gasteiger partial charge is 0.178 e. The van der Waals surface area contributed by atoms with Crippen LogP contribution in [-0.2, 0) is 4.74 Å². The summed E-state index contributed by atoms with van der Waals surface area (Å²) in [5.74, 6) is 0.101. The molecule has 4 heteroatoms. The van der Waals surface area contributed by atoms with Gasteiger partial charge < -0.3 is 20.1 Å². The molecule has 0 radical (unpaired) electrons. The van der Waals surface area contributed by atoms with Crippen LogP contribution in [0.2, 0.25) is 0 Å². The summed E-state index contributed by atoms with van der Waals surface area (Å²) >= 11 is 0. The van der Waals surface area contributed by atoms with E-state index >= 15 is 0 Å². The van der Waals surface area contributed by atoms with Gasteiger partial charge in [-0.05, 0) is 56.5 Å². The van der Waals surface area contributed by atoms with E-state index in [1.54, 1.807) is 6.08 Å². The van der Waals surface area contributed by atoms with Gasteiger partial charge in [-0.3, -0.25) is 0 Å². The molecule has 1 aliphatic heterocycles. The summed E-state index contributed by atoms with van der Waals surface area (Å²) in [6.45, 7) is 4.06. The Morgan fingerprint density at radius 3 is 2.75 bits per heavy atom. The van der Waals surface area contributed by atoms with Crippen molar-refractivity contribution in [1.82, 2.24) is 0 Å². The Balaban J connectivity index is 2.13. The van der Waals surface area contributed by atoms with Gasteiger partial charge in [0.2, 0.25) is 0 Å². The van der Waals surface area contributed by atoms with E-state index < -0.39 is 12.4 Å². The molecule has 0 bridgehead atoms. The fourth-order valence-electron chi connectivity index (χ4n) is 2.21. The Morgan fingerprint density at radius 2 is 2.05 bits per heavy atom. The van der Waals surface area contributed by atoms with Gasteiger partial charge in [0, 0.05) is 5.56 Å². The van der Waals surface area contributed by atoms with Crippen molar-refractivity contribution in [2.24, 2.45) is 0 Å². The Kier molecular flexibility index (Phi) is 4.47. The zero-order valence-corrected chi connectivity index (χ0v) is 11.7. The first-order valence-electron chi connectivity index (χ1n) is 6.66. The van der Waals surface area contributed by atoms with Crippen LogP contribution in [-0.4, -0.2) is 21.6 Å². The molecule has 0 spiro atoms. The number of hydrogen-bond donors (Lipinski definition) is 3. The van der Waals surface area contributed by atoms with E-state index in [1.807, 2.05) is 13.8 Å². The maximum absolute atomic E-state index is 9.89. The third kappa shape index (κ3) is 3.40. The number of rotatable bonds is 4. The molecule has 1 aromatic rings. The molecule has 0 saturated carbocycles. The van der Waals surface area contributed by atoms with E-state index in [-0.39, 0.29) is 11.5 Å². The van der Waals surface area contributed by atoms with Crippen molar-refractivity contribution in [1.29, 1.82) is 0 Å². The number of aliphatic hydroxyl groups is 1. The summed E-state index contributed by atoms with van der Waals surface area (Å²) in [7, 11) is 0. The summed E-state index contributed by atoms with van der Waals surface area (Å²) in [6, 6.07) is 4.27. The second-order valence-electron chi connectivity index (χ2n) is 5.21. The van der Waals surface area contributed by atoms with Crippen LogP contribution in [0.15, 0.2) is 41.5 Å². The molecular formula is C16H20O4. The lowest BCUT2D eigenvalue weighted by Gasteiger charge is -2.13. The van der Waals surface area contributed by atoms with E-state index in [4.69, 9.17) is 4.74 Å². The van der Waals surface area contributed by atoms with Crippen LogP contribution in [0.4, 0.5) is 0 Å². The van der Waals surface area contributed by atoms with Crippen LogP contribution in [0.3, 0.4) is 0 Å². The number of benzene rings is 1. The molecule has 2 atom stereocenters. The van der Waals surface area contributed by atoms with Gasteiger partial charge in [0.25, 0.3) is 0 Å². The van der Waals surface area contributed by atoms with E-state index in [2.05, 4.69) is 6.08 Å². The molecule has 3 N–H and O–H groups in total. The summed E-state index contributed by atoms with van der Waals surface area (Å²) in [5, 5.41) is 29.2. The van der Waals surface area contributed by atoms with E-state index in [0.717, 1.165) is 12.0 Å². The number of hydrogen-bond acceptors (Lipinski definition) is 4. The van der Waals surface area contributed by atoms with E-state index in [1.165, 1.54) is 23.8 Å². The van der Waals surface area contributed by atoms with Gasteiger partial charge in [-0.15, -0.1) is 0 Å². The lowest BCUT2D eigenvalue weighted by molar-refractivity contribution is -0.0821. The highest BCUT2D eigenvalue weighted by molar-refractivity contribution is 5.42. The molecule has 0 aliphatic carbocycles. The number of allylic oxidation sites excluding steroid dienone is 2. The van der Waals surface area contributed by atoms with Crippen LogP contribution >= 0.6 is 0 Å². The molecule has 1 heterocycles. The second-order valence-corrected chi connectivity index (χ2v) is 5.21. The number of aromatic hydroxyl groups is 2. The molecule has 0 fully saturated rings. The highest BCUT2D eigenvalue weighted by Crippen LogP contribution is 2.37. The van der Waals surface area contributed by atoms with Gasteiger partial charge in [-0.2, -0.15) is 0 Å². The number of phenolic OH excluding ortho intramolecular Hbond substituents is 2. The van der Waals surface area contributed by atoms with Crippen LogP contribution in [0.25, 0.3) is 0 Å². The predicted molar refractivity (Wildman–Crippen MR) is 76.4 cm³/mol. The molecule has 20 heavy (non-hydrogen) atoms. The molecule has 108 valence electrons. The van der Waals surface area contributed by atoms with Crippen LogP contribution < -0.4 is 0 Å². The van der Waals surface area contributed by atoms with Crippen molar-refractivity contribution in [3.8, 4) is 11.5 Å². The van der Waals surface area contributed by atoms with Crippen molar-refractivity contribution in [3.63, 3.8) is 0 Å². The fourth-order valence-corrected chi connectivity index (χ4v) is 2.21. The summed E-state index contributed by atoms with van der Waals surface area (Å²) in [5.41, 5.74) is 2.50. The Labute approximate surface area is 118 Å². The highest BCUT2D eigenvalue weighted by Gasteiger charge is 2.27. The highest BCUT2D eigenvalue weighted by atomic mass is 16.6. The molecule has 2 rings (SSSR count). The van der Waals surface area contributed by atoms with Gasteiger partial charge in [-0.25, -0.2) is 0 Å². The maximum Gasteiger partial charge on any atom is 0.178 e. The zero-order chi connectivity index (χ0) is 14.7. The molecule has 1 aromatic carbocycles. The first-order chi connectivity index (χ1) is 9.47. The number of phenols is 2. The SMILES string of the molecule is CC(C)=CCCC1=C[C@H](c2cc(O)ccc2O)OC1O. The average molecular weight is 276 g/mol. The van der Waals surface area contributed by atoms with Gasteiger partial charge in [0.05, 0.1) is 0 Å².